The molecule has 9 heteroatoms. The summed E-state index contributed by atoms with van der Waals surface area (Å²) in [5.41, 5.74) is 1.71. The van der Waals surface area contributed by atoms with Gasteiger partial charge in [0.05, 0.1) is 22.4 Å². The van der Waals surface area contributed by atoms with Crippen molar-refractivity contribution in [3.8, 4) is 0 Å². The first-order valence-corrected chi connectivity index (χ1v) is 8.69. The summed E-state index contributed by atoms with van der Waals surface area (Å²) in [7, 11) is 0. The molecule has 0 aliphatic heterocycles. The van der Waals surface area contributed by atoms with E-state index in [1.165, 1.54) is 16.9 Å². The number of carbonyl (C=O) groups is 1. The zero-order chi connectivity index (χ0) is 18.4. The van der Waals surface area contributed by atoms with Crippen LogP contribution in [-0.4, -0.2) is 25.6 Å². The molecule has 0 unspecified atom stereocenters. The predicted octanol–water partition coefficient (Wildman–Crippen LogP) is 3.12. The van der Waals surface area contributed by atoms with E-state index < -0.39 is 4.92 Å². The molecule has 132 valence electrons. The maximum atomic E-state index is 12.1. The van der Waals surface area contributed by atoms with E-state index in [1.807, 2.05) is 36.4 Å². The molecule has 1 N–H and O–H groups in total. The summed E-state index contributed by atoms with van der Waals surface area (Å²) in [6.45, 7) is -0.0965. The van der Waals surface area contributed by atoms with Gasteiger partial charge in [0.25, 0.3) is 0 Å². The lowest BCUT2D eigenvalue weighted by atomic mass is 10.2. The van der Waals surface area contributed by atoms with Crippen LogP contribution in [0.15, 0.2) is 66.0 Å². The Hall–Kier alpha value is -3.20. The van der Waals surface area contributed by atoms with Gasteiger partial charge in [-0.05, 0) is 34.8 Å². The molecule has 0 bridgehead atoms. The Morgan fingerprint density at radius 1 is 1.23 bits per heavy atom. The van der Waals surface area contributed by atoms with Crippen molar-refractivity contribution >= 4 is 29.2 Å². The zero-order valence-corrected chi connectivity index (χ0v) is 14.4. The molecule has 0 radical (unpaired) electrons. The molecule has 8 nitrogen and oxygen atoms in total. The van der Waals surface area contributed by atoms with E-state index in [0.29, 0.717) is 5.69 Å². The monoisotopic (exact) mass is 369 g/mol. The molecule has 0 aliphatic carbocycles. The SMILES string of the molecule is O=C(Cn1ccc([N+](=O)[O-])n1)Nc1cccc(CSc2ccccn2)c1. The zero-order valence-electron chi connectivity index (χ0n) is 13.6. The summed E-state index contributed by atoms with van der Waals surface area (Å²) < 4.78 is 1.23. The summed E-state index contributed by atoms with van der Waals surface area (Å²) in [5.74, 6) is 0.135. The third kappa shape index (κ3) is 4.90. The van der Waals surface area contributed by atoms with Gasteiger partial charge < -0.3 is 15.4 Å². The first-order chi connectivity index (χ1) is 12.6. The van der Waals surface area contributed by atoms with Crippen molar-refractivity contribution in [2.75, 3.05) is 5.32 Å². The number of nitrogens with one attached hydrogen (secondary N) is 1. The predicted molar refractivity (Wildman–Crippen MR) is 97.8 cm³/mol. The van der Waals surface area contributed by atoms with Gasteiger partial charge in [0.15, 0.2) is 0 Å². The average Bonchev–Trinajstić information content (AvgIpc) is 3.10. The van der Waals surface area contributed by atoms with Crippen molar-refractivity contribution in [2.24, 2.45) is 0 Å². The number of aromatic nitrogens is 3. The van der Waals surface area contributed by atoms with Crippen molar-refractivity contribution in [3.05, 3.63) is 76.6 Å². The van der Waals surface area contributed by atoms with Crippen LogP contribution in [0.1, 0.15) is 5.56 Å². The van der Waals surface area contributed by atoms with E-state index in [2.05, 4.69) is 15.4 Å². The van der Waals surface area contributed by atoms with Gasteiger partial charge in [0.1, 0.15) is 6.54 Å². The highest BCUT2D eigenvalue weighted by atomic mass is 32.2. The van der Waals surface area contributed by atoms with Crippen LogP contribution in [-0.2, 0) is 17.1 Å². The van der Waals surface area contributed by atoms with Gasteiger partial charge >= 0.3 is 5.82 Å². The molecule has 1 amide bonds. The van der Waals surface area contributed by atoms with Crippen LogP contribution in [0.5, 0.6) is 0 Å². The summed E-state index contributed by atoms with van der Waals surface area (Å²) >= 11 is 1.61. The molecule has 3 aromatic rings. The second-order valence-corrected chi connectivity index (χ2v) is 6.33. The number of hydrogen-bond donors (Lipinski definition) is 1. The van der Waals surface area contributed by atoms with Gasteiger partial charge in [0.2, 0.25) is 5.91 Å². The molecular weight excluding hydrogens is 354 g/mol. The lowest BCUT2D eigenvalue weighted by Crippen LogP contribution is -2.19. The van der Waals surface area contributed by atoms with E-state index in [9.17, 15) is 14.9 Å². The fraction of sp³-hybridized carbons (Fsp3) is 0.118. The average molecular weight is 369 g/mol. The Bertz CT molecular complexity index is 914. The number of amides is 1. The Balaban J connectivity index is 1.57. The first-order valence-electron chi connectivity index (χ1n) is 7.70. The van der Waals surface area contributed by atoms with Gasteiger partial charge in [-0.1, -0.05) is 18.2 Å². The number of hydrogen-bond acceptors (Lipinski definition) is 6. The van der Waals surface area contributed by atoms with Crippen molar-refractivity contribution < 1.29 is 9.72 Å². The number of pyridine rings is 1. The number of nitro groups is 1. The molecule has 26 heavy (non-hydrogen) atoms. The van der Waals surface area contributed by atoms with Crippen LogP contribution in [0.25, 0.3) is 0 Å². The van der Waals surface area contributed by atoms with E-state index >= 15 is 0 Å². The minimum Gasteiger partial charge on any atom is -0.358 e. The minimum atomic E-state index is -0.600. The molecule has 0 atom stereocenters. The molecule has 2 aromatic heterocycles. The minimum absolute atomic E-state index is 0.0965. The molecule has 0 saturated heterocycles. The summed E-state index contributed by atoms with van der Waals surface area (Å²) in [5, 5.41) is 18.0. The van der Waals surface area contributed by atoms with Crippen LogP contribution in [0.4, 0.5) is 11.5 Å². The third-order valence-electron chi connectivity index (χ3n) is 3.35. The van der Waals surface area contributed by atoms with Crippen LogP contribution < -0.4 is 5.32 Å². The van der Waals surface area contributed by atoms with Crippen LogP contribution >= 0.6 is 11.8 Å². The Kier molecular flexibility index (Phi) is 5.59. The number of rotatable bonds is 7. The standard InChI is InChI=1S/C17H15N5O3S/c23-16(11-21-9-7-15(20-21)22(24)25)19-14-5-3-4-13(10-14)12-26-17-6-1-2-8-18-17/h1-10H,11-12H2,(H,19,23). The number of nitrogens with zero attached hydrogens (tertiary/aromatic N) is 4. The Morgan fingerprint density at radius 3 is 2.85 bits per heavy atom. The highest BCUT2D eigenvalue weighted by molar-refractivity contribution is 7.98. The van der Waals surface area contributed by atoms with Gasteiger partial charge in [-0.15, -0.1) is 11.8 Å². The van der Waals surface area contributed by atoms with Crippen molar-refractivity contribution in [1.82, 2.24) is 14.8 Å². The van der Waals surface area contributed by atoms with E-state index in [4.69, 9.17) is 0 Å². The quantitative estimate of drug-likeness (QED) is 0.390. The molecule has 1 aromatic carbocycles. The van der Waals surface area contributed by atoms with Crippen molar-refractivity contribution in [1.29, 1.82) is 0 Å². The second kappa shape index (κ2) is 8.26. The van der Waals surface area contributed by atoms with Crippen LogP contribution in [0, 0.1) is 10.1 Å². The topological polar surface area (TPSA) is 103 Å². The van der Waals surface area contributed by atoms with Gasteiger partial charge in [-0.25, -0.2) is 4.98 Å². The molecule has 0 saturated carbocycles. The summed E-state index contributed by atoms with van der Waals surface area (Å²) in [6, 6.07) is 14.5. The van der Waals surface area contributed by atoms with Gasteiger partial charge in [0, 0.05) is 17.6 Å². The van der Waals surface area contributed by atoms with Gasteiger partial charge in [-0.2, -0.15) is 4.68 Å². The van der Waals surface area contributed by atoms with Crippen LogP contribution in [0.3, 0.4) is 0 Å². The maximum absolute atomic E-state index is 12.1. The molecule has 0 fully saturated rings. The normalized spacial score (nSPS) is 10.5. The fourth-order valence-electron chi connectivity index (χ4n) is 2.21. The molecule has 0 aliphatic rings. The highest BCUT2D eigenvalue weighted by Crippen LogP contribution is 2.22. The maximum Gasteiger partial charge on any atom is 0.389 e. The number of benzene rings is 1. The molecule has 0 spiro atoms. The highest BCUT2D eigenvalue weighted by Gasteiger charge is 2.13. The van der Waals surface area contributed by atoms with Crippen molar-refractivity contribution in [3.63, 3.8) is 0 Å². The Morgan fingerprint density at radius 2 is 2.12 bits per heavy atom. The summed E-state index contributed by atoms with van der Waals surface area (Å²) in [4.78, 5) is 26.4. The van der Waals surface area contributed by atoms with Crippen LogP contribution in [0.2, 0.25) is 0 Å². The first kappa shape index (κ1) is 17.6. The lowest BCUT2D eigenvalue weighted by molar-refractivity contribution is -0.389. The molecule has 3 rings (SSSR count). The van der Waals surface area contributed by atoms with Crippen molar-refractivity contribution in [2.45, 2.75) is 17.3 Å². The third-order valence-corrected chi connectivity index (χ3v) is 4.37. The van der Waals surface area contributed by atoms with E-state index in [0.717, 1.165) is 16.3 Å². The number of anilines is 1. The van der Waals surface area contributed by atoms with E-state index in [1.54, 1.807) is 24.0 Å². The lowest BCUT2D eigenvalue weighted by Gasteiger charge is -2.07. The molecular formula is C17H15N5O3S. The van der Waals surface area contributed by atoms with Gasteiger partial charge in [-0.3, -0.25) is 4.79 Å². The molecule has 2 heterocycles. The Labute approximate surface area is 153 Å². The smallest absolute Gasteiger partial charge is 0.358 e. The largest absolute Gasteiger partial charge is 0.389 e. The fourth-order valence-corrected chi connectivity index (χ4v) is 3.02. The second-order valence-electron chi connectivity index (χ2n) is 5.33. The number of carbonyl (C=O) groups excluding carboxylic acids is 1. The summed E-state index contributed by atoms with van der Waals surface area (Å²) in [6.07, 6.45) is 3.15. The number of thioether (sulfide) groups is 1. The van der Waals surface area contributed by atoms with E-state index in [-0.39, 0.29) is 18.3 Å².